The average molecular weight is 421 g/mol. The standard InChI is InChI=1S/C26H45O2P/c1-20(2,3)16-17(21(4,5)6)26(23(10,11)12)25(16,18(29-26)22(7,8)9)19(27)28-24(13,14)15/h1-15H3. The van der Waals surface area contributed by atoms with Crippen molar-refractivity contribution in [2.75, 3.05) is 0 Å². The van der Waals surface area contributed by atoms with Gasteiger partial charge in [-0.25, -0.2) is 0 Å². The van der Waals surface area contributed by atoms with Crippen LogP contribution in [0.15, 0.2) is 11.1 Å². The summed E-state index contributed by atoms with van der Waals surface area (Å²) >= 11 is 0. The van der Waals surface area contributed by atoms with Crippen LogP contribution < -0.4 is 0 Å². The van der Waals surface area contributed by atoms with Gasteiger partial charge in [-0.3, -0.25) is 4.79 Å². The lowest BCUT2D eigenvalue weighted by Gasteiger charge is -2.75. The Bertz CT molecular complexity index is 779. The molecule has 0 aromatic heterocycles. The molecular weight excluding hydrogens is 375 g/mol. The molecule has 0 fully saturated rings. The number of carbonyl (C=O) groups is 1. The summed E-state index contributed by atoms with van der Waals surface area (Å²) in [5, 5.41) is 1.11. The van der Waals surface area contributed by atoms with Gasteiger partial charge in [-0.2, -0.15) is 0 Å². The Morgan fingerprint density at radius 1 is 0.690 bits per heavy atom. The zero-order chi connectivity index (χ0) is 23.2. The first-order chi connectivity index (χ1) is 12.5. The monoisotopic (exact) mass is 420 g/mol. The molecule has 0 bridgehead atoms. The minimum Gasteiger partial charge on any atom is -0.459 e. The van der Waals surface area contributed by atoms with Crippen LogP contribution in [0, 0.1) is 27.1 Å². The molecule has 2 atom stereocenters. The molecule has 1 aliphatic heterocycles. The first-order valence-electron chi connectivity index (χ1n) is 11.1. The van der Waals surface area contributed by atoms with Crippen molar-refractivity contribution in [2.24, 2.45) is 27.1 Å². The normalized spacial score (nSPS) is 28.9. The number of hydrogen-bond donors (Lipinski definition) is 0. The lowest BCUT2D eigenvalue weighted by atomic mass is 9.38. The van der Waals surface area contributed by atoms with Gasteiger partial charge in [0.25, 0.3) is 0 Å². The third-order valence-electron chi connectivity index (χ3n) is 6.17. The van der Waals surface area contributed by atoms with Crippen LogP contribution in [0.2, 0.25) is 0 Å². The zero-order valence-corrected chi connectivity index (χ0v) is 22.7. The molecule has 166 valence electrons. The minimum atomic E-state index is -0.640. The molecule has 2 unspecified atom stereocenters. The molecule has 1 heterocycles. The summed E-state index contributed by atoms with van der Waals surface area (Å²) in [6.45, 7) is 33.4. The highest BCUT2D eigenvalue weighted by Gasteiger charge is 2.82. The van der Waals surface area contributed by atoms with Gasteiger partial charge in [0.1, 0.15) is 11.0 Å². The first kappa shape index (κ1) is 24.6. The van der Waals surface area contributed by atoms with Crippen LogP contribution in [0.5, 0.6) is 0 Å². The van der Waals surface area contributed by atoms with Crippen LogP contribution in [0.3, 0.4) is 0 Å². The highest BCUT2D eigenvalue weighted by Crippen LogP contribution is 2.82. The molecule has 0 saturated heterocycles. The van der Waals surface area contributed by atoms with Crippen LogP contribution in [0.4, 0.5) is 0 Å². The summed E-state index contributed by atoms with van der Waals surface area (Å²) in [4.78, 5) is 14.2. The Morgan fingerprint density at radius 2 is 1.10 bits per heavy atom. The smallest absolute Gasteiger partial charge is 0.322 e. The van der Waals surface area contributed by atoms with Gasteiger partial charge < -0.3 is 4.74 Å². The van der Waals surface area contributed by atoms with Crippen molar-refractivity contribution in [1.29, 1.82) is 0 Å². The fraction of sp³-hybridized carbons (Fsp3) is 0.846. The van der Waals surface area contributed by atoms with Crippen LogP contribution in [-0.2, 0) is 9.53 Å². The molecule has 0 amide bonds. The summed E-state index contributed by atoms with van der Waals surface area (Å²) in [7, 11) is 1.30. The average Bonchev–Trinajstić information content (AvgIpc) is 2.31. The summed E-state index contributed by atoms with van der Waals surface area (Å²) < 4.78 is 6.20. The Kier molecular flexibility index (Phi) is 5.28. The third-order valence-corrected chi connectivity index (χ3v) is 8.96. The number of carbonyl (C=O) groups excluding carboxylic acids is 1. The highest BCUT2D eigenvalue weighted by atomic mass is 31.1. The number of allylic oxidation sites excluding steroid dienone is 1. The van der Waals surface area contributed by atoms with Crippen molar-refractivity contribution < 1.29 is 9.53 Å². The van der Waals surface area contributed by atoms with E-state index in [2.05, 4.69) is 83.1 Å². The van der Waals surface area contributed by atoms with Crippen LogP contribution in [-0.4, -0.2) is 22.0 Å². The molecule has 2 nitrogen and oxygen atoms in total. The fourth-order valence-electron chi connectivity index (χ4n) is 5.69. The van der Waals surface area contributed by atoms with E-state index in [4.69, 9.17) is 4.74 Å². The predicted molar refractivity (Wildman–Crippen MR) is 128 cm³/mol. The van der Waals surface area contributed by atoms with Crippen LogP contribution in [0.1, 0.15) is 104 Å². The first-order valence-corrected chi connectivity index (χ1v) is 12.0. The fourth-order valence-corrected chi connectivity index (χ4v) is 8.11. The second kappa shape index (κ2) is 6.21. The Balaban J connectivity index is 3.02. The lowest BCUT2D eigenvalue weighted by Crippen LogP contribution is -2.79. The molecular formula is C26H45O2P. The number of fused-ring (bicyclic) bond motifs is 1. The number of hydrogen-bond acceptors (Lipinski definition) is 2. The second-order valence-electron chi connectivity index (χ2n) is 14.2. The third kappa shape index (κ3) is 3.28. The van der Waals surface area contributed by atoms with Gasteiger partial charge in [-0.1, -0.05) is 91.3 Å². The van der Waals surface area contributed by atoms with Crippen molar-refractivity contribution >= 4 is 19.5 Å². The zero-order valence-electron chi connectivity index (χ0n) is 21.8. The van der Waals surface area contributed by atoms with Crippen molar-refractivity contribution in [3.05, 3.63) is 11.1 Å². The second-order valence-corrected chi connectivity index (χ2v) is 15.5. The van der Waals surface area contributed by atoms with Gasteiger partial charge in [0.2, 0.25) is 0 Å². The minimum absolute atomic E-state index is 0.00216. The molecule has 29 heavy (non-hydrogen) atoms. The van der Waals surface area contributed by atoms with Gasteiger partial charge in [0.05, 0.1) is 5.16 Å². The highest BCUT2D eigenvalue weighted by molar-refractivity contribution is 7.47. The number of ether oxygens (including phenoxy) is 1. The Hall–Kier alpha value is -0.620. The molecule has 1 aliphatic carbocycles. The van der Waals surface area contributed by atoms with Crippen molar-refractivity contribution in [2.45, 2.75) is 115 Å². The van der Waals surface area contributed by atoms with E-state index >= 15 is 0 Å². The topological polar surface area (TPSA) is 26.3 Å². The maximum Gasteiger partial charge on any atom is 0.322 e. The molecule has 0 aromatic rings. The van der Waals surface area contributed by atoms with Crippen molar-refractivity contribution in [3.63, 3.8) is 0 Å². The molecule has 2 aliphatic rings. The molecule has 3 heteroatoms. The Morgan fingerprint density at radius 3 is 1.38 bits per heavy atom. The number of rotatable bonds is 1. The van der Waals surface area contributed by atoms with E-state index in [0.717, 1.165) is 0 Å². The summed E-state index contributed by atoms with van der Waals surface area (Å²) in [6, 6.07) is 0. The van der Waals surface area contributed by atoms with E-state index in [1.807, 2.05) is 20.8 Å². The summed E-state index contributed by atoms with van der Waals surface area (Å²) in [5.74, 6) is -0.0403. The van der Waals surface area contributed by atoms with Crippen LogP contribution >= 0.6 is 8.20 Å². The molecule has 0 aromatic carbocycles. The predicted octanol–water partition coefficient (Wildman–Crippen LogP) is 7.68. The van der Waals surface area contributed by atoms with Gasteiger partial charge in [0, 0.05) is 0 Å². The lowest BCUT2D eigenvalue weighted by molar-refractivity contribution is -0.168. The van der Waals surface area contributed by atoms with E-state index < -0.39 is 11.0 Å². The van der Waals surface area contributed by atoms with Gasteiger partial charge >= 0.3 is 5.97 Å². The van der Waals surface area contributed by atoms with Gasteiger partial charge in [0.15, 0.2) is 0 Å². The van der Waals surface area contributed by atoms with E-state index in [1.54, 1.807) is 0 Å². The van der Waals surface area contributed by atoms with Gasteiger partial charge in [-0.05, 0) is 58.9 Å². The maximum absolute atomic E-state index is 14.2. The number of esters is 1. The summed E-state index contributed by atoms with van der Waals surface area (Å²) in [5.41, 5.74) is 1.41. The summed E-state index contributed by atoms with van der Waals surface area (Å²) in [6.07, 6.45) is 0. The van der Waals surface area contributed by atoms with Crippen molar-refractivity contribution in [1.82, 2.24) is 0 Å². The van der Waals surface area contributed by atoms with E-state index in [9.17, 15) is 4.79 Å². The maximum atomic E-state index is 14.2. The molecule has 2 rings (SSSR count). The molecule has 0 saturated carbocycles. The molecule has 0 spiro atoms. The molecule has 0 radical (unpaired) electrons. The SMILES string of the molecule is CC(C)(C)OC(=O)C12C(C(C)(C)C)=PC1(C(C)(C)C)C(C(C)(C)C)=C2C(C)(C)C. The van der Waals surface area contributed by atoms with E-state index in [1.165, 1.54) is 24.6 Å². The van der Waals surface area contributed by atoms with E-state index in [-0.39, 0.29) is 32.8 Å². The van der Waals surface area contributed by atoms with E-state index in [0.29, 0.717) is 0 Å². The quantitative estimate of drug-likeness (QED) is 0.247. The van der Waals surface area contributed by atoms with Gasteiger partial charge in [-0.15, -0.1) is 0 Å². The Labute approximate surface area is 182 Å². The largest absolute Gasteiger partial charge is 0.459 e. The van der Waals surface area contributed by atoms with Crippen molar-refractivity contribution in [3.8, 4) is 0 Å². The molecule has 0 N–H and O–H groups in total. The van der Waals surface area contributed by atoms with Crippen LogP contribution in [0.25, 0.3) is 0 Å².